The van der Waals surface area contributed by atoms with Crippen LogP contribution in [-0.2, 0) is 4.79 Å². The first-order chi connectivity index (χ1) is 8.65. The third-order valence-electron chi connectivity index (χ3n) is 4.33. The van der Waals surface area contributed by atoms with E-state index in [9.17, 15) is 4.79 Å². The fraction of sp³-hybridized carbons (Fsp3) is 0.929. The second kappa shape index (κ2) is 6.53. The van der Waals surface area contributed by atoms with E-state index in [-0.39, 0.29) is 5.91 Å². The summed E-state index contributed by atoms with van der Waals surface area (Å²) in [7, 11) is 2.11. The highest BCUT2D eigenvalue weighted by Gasteiger charge is 2.22. The molecule has 1 N–H and O–H groups in total. The molecule has 1 amide bonds. The number of rotatable bonds is 3. The molecule has 0 bridgehead atoms. The van der Waals surface area contributed by atoms with Crippen LogP contribution in [0.4, 0.5) is 0 Å². The second-order valence-electron chi connectivity index (χ2n) is 6.03. The minimum absolute atomic E-state index is 0.279. The van der Waals surface area contributed by atoms with Gasteiger partial charge in [-0.25, -0.2) is 0 Å². The average molecular weight is 253 g/mol. The smallest absolute Gasteiger partial charge is 0.236 e. The fourth-order valence-electron chi connectivity index (χ4n) is 3.02. The monoisotopic (exact) mass is 253 g/mol. The SMILES string of the molecule is CC1CCCC(NCC(=O)N2CCN(C)CC2)C1. The molecule has 2 fully saturated rings. The minimum atomic E-state index is 0.279. The molecule has 2 atom stereocenters. The lowest BCUT2D eigenvalue weighted by Crippen LogP contribution is -2.50. The van der Waals surface area contributed by atoms with Gasteiger partial charge in [0.1, 0.15) is 0 Å². The van der Waals surface area contributed by atoms with Crippen molar-refractivity contribution in [3.8, 4) is 0 Å². The van der Waals surface area contributed by atoms with Gasteiger partial charge in [-0.3, -0.25) is 4.79 Å². The van der Waals surface area contributed by atoms with Crippen LogP contribution in [0.3, 0.4) is 0 Å². The summed E-state index contributed by atoms with van der Waals surface area (Å²) in [5.74, 6) is 1.09. The van der Waals surface area contributed by atoms with Crippen molar-refractivity contribution in [2.24, 2.45) is 5.92 Å². The first-order valence-electron chi connectivity index (χ1n) is 7.35. The fourth-order valence-corrected chi connectivity index (χ4v) is 3.02. The molecule has 18 heavy (non-hydrogen) atoms. The maximum Gasteiger partial charge on any atom is 0.236 e. The molecule has 104 valence electrons. The highest BCUT2D eigenvalue weighted by atomic mass is 16.2. The molecule has 2 aliphatic rings. The predicted octanol–water partition coefficient (Wildman–Crippen LogP) is 0.929. The largest absolute Gasteiger partial charge is 0.339 e. The van der Waals surface area contributed by atoms with Crippen LogP contribution in [0.25, 0.3) is 0 Å². The second-order valence-corrected chi connectivity index (χ2v) is 6.03. The summed E-state index contributed by atoms with van der Waals surface area (Å²) in [6.45, 7) is 6.63. The average Bonchev–Trinajstić information content (AvgIpc) is 2.37. The molecule has 1 aliphatic carbocycles. The van der Waals surface area contributed by atoms with Gasteiger partial charge in [0, 0.05) is 32.2 Å². The van der Waals surface area contributed by atoms with Gasteiger partial charge >= 0.3 is 0 Å². The maximum absolute atomic E-state index is 12.1. The predicted molar refractivity (Wildman–Crippen MR) is 73.5 cm³/mol. The van der Waals surface area contributed by atoms with E-state index in [0.717, 1.165) is 32.1 Å². The summed E-state index contributed by atoms with van der Waals surface area (Å²) in [6.07, 6.45) is 5.13. The molecule has 4 nitrogen and oxygen atoms in total. The van der Waals surface area contributed by atoms with Gasteiger partial charge in [-0.2, -0.15) is 0 Å². The number of nitrogens with one attached hydrogen (secondary N) is 1. The summed E-state index contributed by atoms with van der Waals surface area (Å²) in [4.78, 5) is 16.4. The molecule has 1 saturated carbocycles. The lowest BCUT2D eigenvalue weighted by Gasteiger charge is -2.33. The number of carbonyl (C=O) groups excluding carboxylic acids is 1. The van der Waals surface area contributed by atoms with Gasteiger partial charge in [0.2, 0.25) is 5.91 Å². The Morgan fingerprint density at radius 2 is 1.94 bits per heavy atom. The number of hydrogen-bond donors (Lipinski definition) is 1. The molecule has 4 heteroatoms. The number of hydrogen-bond acceptors (Lipinski definition) is 3. The molecule has 2 unspecified atom stereocenters. The minimum Gasteiger partial charge on any atom is -0.339 e. The zero-order valence-corrected chi connectivity index (χ0v) is 11.8. The van der Waals surface area contributed by atoms with E-state index in [2.05, 4.69) is 24.2 Å². The van der Waals surface area contributed by atoms with Gasteiger partial charge in [0.15, 0.2) is 0 Å². The summed E-state index contributed by atoms with van der Waals surface area (Å²) in [5.41, 5.74) is 0. The van der Waals surface area contributed by atoms with Crippen molar-refractivity contribution in [2.75, 3.05) is 39.8 Å². The topological polar surface area (TPSA) is 35.6 Å². The highest BCUT2D eigenvalue weighted by Crippen LogP contribution is 2.23. The molecule has 1 aliphatic heterocycles. The van der Waals surface area contributed by atoms with Crippen molar-refractivity contribution in [1.29, 1.82) is 0 Å². The van der Waals surface area contributed by atoms with E-state index in [1.807, 2.05) is 4.90 Å². The summed E-state index contributed by atoms with van der Waals surface area (Å²) in [6, 6.07) is 0.560. The lowest BCUT2D eigenvalue weighted by molar-refractivity contribution is -0.132. The number of amides is 1. The van der Waals surface area contributed by atoms with Crippen molar-refractivity contribution in [2.45, 2.75) is 38.6 Å². The van der Waals surface area contributed by atoms with Crippen LogP contribution in [0, 0.1) is 5.92 Å². The Morgan fingerprint density at radius 3 is 2.61 bits per heavy atom. The Balaban J connectivity index is 1.68. The third-order valence-corrected chi connectivity index (χ3v) is 4.33. The molecule has 0 spiro atoms. The van der Waals surface area contributed by atoms with Crippen molar-refractivity contribution >= 4 is 5.91 Å². The van der Waals surface area contributed by atoms with Crippen molar-refractivity contribution in [3.05, 3.63) is 0 Å². The summed E-state index contributed by atoms with van der Waals surface area (Å²) >= 11 is 0. The number of nitrogens with zero attached hydrogens (tertiary/aromatic N) is 2. The van der Waals surface area contributed by atoms with E-state index in [0.29, 0.717) is 12.6 Å². The summed E-state index contributed by atoms with van der Waals surface area (Å²) in [5, 5.41) is 3.46. The van der Waals surface area contributed by atoms with Gasteiger partial charge in [0.25, 0.3) is 0 Å². The van der Waals surface area contributed by atoms with E-state index < -0.39 is 0 Å². The van der Waals surface area contributed by atoms with Crippen molar-refractivity contribution in [1.82, 2.24) is 15.1 Å². The van der Waals surface area contributed by atoms with Crippen LogP contribution in [0.5, 0.6) is 0 Å². The zero-order chi connectivity index (χ0) is 13.0. The Hall–Kier alpha value is -0.610. The van der Waals surface area contributed by atoms with Crippen LogP contribution in [0.15, 0.2) is 0 Å². The molecule has 0 aromatic rings. The van der Waals surface area contributed by atoms with E-state index in [1.54, 1.807) is 0 Å². The Bertz CT molecular complexity index is 274. The molecule has 0 radical (unpaired) electrons. The molecular formula is C14H27N3O. The van der Waals surface area contributed by atoms with E-state index in [1.165, 1.54) is 25.7 Å². The maximum atomic E-state index is 12.1. The Morgan fingerprint density at radius 1 is 1.22 bits per heavy atom. The quantitative estimate of drug-likeness (QED) is 0.813. The first kappa shape index (κ1) is 13.8. The van der Waals surface area contributed by atoms with Crippen molar-refractivity contribution in [3.63, 3.8) is 0 Å². The lowest BCUT2D eigenvalue weighted by atomic mass is 9.87. The zero-order valence-electron chi connectivity index (χ0n) is 11.8. The number of likely N-dealkylation sites (N-methyl/N-ethyl adjacent to an activating group) is 1. The standard InChI is InChI=1S/C14H27N3O/c1-12-4-3-5-13(10-12)15-11-14(18)17-8-6-16(2)7-9-17/h12-13,15H,3-11H2,1-2H3. The normalized spacial score (nSPS) is 30.4. The van der Waals surface area contributed by atoms with E-state index in [4.69, 9.17) is 0 Å². The van der Waals surface area contributed by atoms with E-state index >= 15 is 0 Å². The number of carbonyl (C=O) groups is 1. The molecule has 0 aromatic heterocycles. The first-order valence-corrected chi connectivity index (χ1v) is 7.35. The van der Waals surface area contributed by atoms with Gasteiger partial charge in [-0.05, 0) is 25.8 Å². The molecule has 2 rings (SSSR count). The van der Waals surface area contributed by atoms with Gasteiger partial charge in [0.05, 0.1) is 6.54 Å². The van der Waals surface area contributed by atoms with Crippen LogP contribution in [-0.4, -0.2) is 61.5 Å². The molecule has 1 saturated heterocycles. The van der Waals surface area contributed by atoms with Gasteiger partial charge in [-0.15, -0.1) is 0 Å². The molecule has 1 heterocycles. The summed E-state index contributed by atoms with van der Waals surface area (Å²) < 4.78 is 0. The molecular weight excluding hydrogens is 226 g/mol. The van der Waals surface area contributed by atoms with Crippen molar-refractivity contribution < 1.29 is 4.79 Å². The van der Waals surface area contributed by atoms with Crippen LogP contribution in [0.1, 0.15) is 32.6 Å². The molecule has 0 aromatic carbocycles. The van der Waals surface area contributed by atoms with Gasteiger partial charge < -0.3 is 15.1 Å². The van der Waals surface area contributed by atoms with Crippen LogP contribution < -0.4 is 5.32 Å². The van der Waals surface area contributed by atoms with Crippen LogP contribution >= 0.6 is 0 Å². The Kier molecular flexibility index (Phi) is 5.01. The van der Waals surface area contributed by atoms with Gasteiger partial charge in [-0.1, -0.05) is 19.8 Å². The van der Waals surface area contributed by atoms with Crippen LogP contribution in [0.2, 0.25) is 0 Å². The Labute approximate surface area is 111 Å². The highest BCUT2D eigenvalue weighted by molar-refractivity contribution is 5.78. The number of piperazine rings is 1. The third kappa shape index (κ3) is 3.95.